The normalized spacial score (nSPS) is 28.8. The van der Waals surface area contributed by atoms with Gasteiger partial charge in [0.2, 0.25) is 0 Å². The van der Waals surface area contributed by atoms with Gasteiger partial charge in [-0.05, 0) is 54.2 Å². The summed E-state index contributed by atoms with van der Waals surface area (Å²) in [5.41, 5.74) is 9.64. The van der Waals surface area contributed by atoms with Crippen molar-refractivity contribution in [2.45, 2.75) is 65.2 Å². The van der Waals surface area contributed by atoms with Gasteiger partial charge >= 0.3 is 0 Å². The first-order valence-corrected chi connectivity index (χ1v) is 9.78. The molecular weight excluding hydrogens is 324 g/mol. The number of carbonyl (C=O) groups excluding carboxylic acids is 1. The van der Waals surface area contributed by atoms with Crippen LogP contribution < -0.4 is 5.73 Å². The smallest absolute Gasteiger partial charge is 0.163 e. The fourth-order valence-corrected chi connectivity index (χ4v) is 4.90. The number of fused-ring (bicyclic) bond motifs is 3. The number of oxime groups is 1. The third kappa shape index (κ3) is 2.98. The number of nitrogens with zero attached hydrogens (tertiary/aromatic N) is 1. The Hall–Kier alpha value is -1.68. The van der Waals surface area contributed by atoms with Gasteiger partial charge in [-0.25, -0.2) is 0 Å². The summed E-state index contributed by atoms with van der Waals surface area (Å²) in [7, 11) is 0. The molecule has 4 heteroatoms. The molecule has 2 aliphatic carbocycles. The Kier molecular flexibility index (Phi) is 5.00. The molecule has 0 amide bonds. The third-order valence-electron chi connectivity index (χ3n) is 6.59. The van der Waals surface area contributed by atoms with Crippen LogP contribution in [0.1, 0.15) is 81.3 Å². The number of nitrogens with two attached hydrogens (primary N) is 1. The molecule has 4 nitrogen and oxygen atoms in total. The van der Waals surface area contributed by atoms with Crippen molar-refractivity contribution in [3.8, 4) is 0 Å². The first-order valence-electron chi connectivity index (χ1n) is 9.78. The number of carbonyl (C=O) groups is 1. The second-order valence-electron chi connectivity index (χ2n) is 8.99. The molecule has 0 bridgehead atoms. The summed E-state index contributed by atoms with van der Waals surface area (Å²) in [6, 6.07) is 6.43. The highest BCUT2D eigenvalue weighted by molar-refractivity contribution is 6.06. The fraction of sp³-hybridized carbons (Fsp3) is 0.636. The highest BCUT2D eigenvalue weighted by Crippen LogP contribution is 2.56. The fourth-order valence-electron chi connectivity index (χ4n) is 4.90. The summed E-state index contributed by atoms with van der Waals surface area (Å²) in [5.74, 6) is 0.901. The number of benzene rings is 1. The molecule has 1 aromatic carbocycles. The van der Waals surface area contributed by atoms with Gasteiger partial charge in [0, 0.05) is 23.9 Å². The molecule has 2 N–H and O–H groups in total. The van der Waals surface area contributed by atoms with E-state index in [1.165, 1.54) is 5.56 Å². The van der Waals surface area contributed by atoms with Crippen molar-refractivity contribution in [1.82, 2.24) is 0 Å². The lowest BCUT2D eigenvalue weighted by molar-refractivity contribution is 0.0692. The maximum absolute atomic E-state index is 13.0. The zero-order valence-electron chi connectivity index (χ0n) is 16.8. The van der Waals surface area contributed by atoms with E-state index in [2.05, 4.69) is 58.0 Å². The van der Waals surface area contributed by atoms with Crippen LogP contribution in [0.2, 0.25) is 0 Å². The lowest BCUT2D eigenvalue weighted by Crippen LogP contribution is -2.54. The van der Waals surface area contributed by atoms with E-state index in [0.717, 1.165) is 29.7 Å². The molecule has 142 valence electrons. The average molecular weight is 357 g/mol. The van der Waals surface area contributed by atoms with Gasteiger partial charge in [-0.2, -0.15) is 0 Å². The lowest BCUT2D eigenvalue weighted by atomic mass is 9.49. The van der Waals surface area contributed by atoms with E-state index in [0.29, 0.717) is 25.5 Å². The molecule has 26 heavy (non-hydrogen) atoms. The van der Waals surface area contributed by atoms with Gasteiger partial charge in [0.1, 0.15) is 6.61 Å². The van der Waals surface area contributed by atoms with Crippen LogP contribution in [-0.2, 0) is 10.3 Å². The van der Waals surface area contributed by atoms with Gasteiger partial charge in [0.15, 0.2) is 5.78 Å². The Morgan fingerprint density at radius 1 is 1.31 bits per heavy atom. The van der Waals surface area contributed by atoms with Crippen LogP contribution in [0.5, 0.6) is 0 Å². The maximum atomic E-state index is 13.0. The van der Waals surface area contributed by atoms with Crippen molar-refractivity contribution in [1.29, 1.82) is 0 Å². The van der Waals surface area contributed by atoms with E-state index in [1.807, 2.05) is 0 Å². The number of rotatable bonds is 4. The summed E-state index contributed by atoms with van der Waals surface area (Å²) < 4.78 is 0. The summed E-state index contributed by atoms with van der Waals surface area (Å²) in [6.07, 6.45) is 2.49. The second kappa shape index (κ2) is 6.80. The van der Waals surface area contributed by atoms with Crippen molar-refractivity contribution in [3.63, 3.8) is 0 Å². The number of hydrogen-bond donors (Lipinski definition) is 1. The van der Waals surface area contributed by atoms with E-state index in [-0.39, 0.29) is 22.5 Å². The zero-order valence-corrected chi connectivity index (χ0v) is 16.8. The van der Waals surface area contributed by atoms with Crippen LogP contribution in [0, 0.1) is 11.3 Å². The van der Waals surface area contributed by atoms with Gasteiger partial charge in [-0.15, -0.1) is 0 Å². The Morgan fingerprint density at radius 2 is 2.04 bits per heavy atom. The van der Waals surface area contributed by atoms with Crippen LogP contribution in [0.25, 0.3) is 0 Å². The number of hydrogen-bond acceptors (Lipinski definition) is 4. The molecule has 2 aliphatic rings. The summed E-state index contributed by atoms with van der Waals surface area (Å²) in [6.45, 7) is 12.0. The van der Waals surface area contributed by atoms with Gasteiger partial charge < -0.3 is 10.6 Å². The molecule has 1 saturated carbocycles. The van der Waals surface area contributed by atoms with Gasteiger partial charge in [0.25, 0.3) is 0 Å². The summed E-state index contributed by atoms with van der Waals surface area (Å²) in [5, 5.41) is 4.50. The van der Waals surface area contributed by atoms with Crippen LogP contribution in [-0.4, -0.2) is 24.6 Å². The molecular formula is C22H32N2O2. The highest BCUT2D eigenvalue weighted by Gasteiger charge is 2.55. The number of Topliss-reactive ketones (excluding diaryl/α,β-unsaturated/α-hetero) is 1. The summed E-state index contributed by atoms with van der Waals surface area (Å²) in [4.78, 5) is 18.5. The van der Waals surface area contributed by atoms with Crippen LogP contribution in [0.4, 0.5) is 0 Å². The van der Waals surface area contributed by atoms with E-state index >= 15 is 0 Å². The van der Waals surface area contributed by atoms with Crippen LogP contribution >= 0.6 is 0 Å². The first-order chi connectivity index (χ1) is 12.2. The Morgan fingerprint density at radius 3 is 2.69 bits per heavy atom. The monoisotopic (exact) mass is 356 g/mol. The topological polar surface area (TPSA) is 64.7 Å². The van der Waals surface area contributed by atoms with Crippen molar-refractivity contribution < 1.29 is 9.63 Å². The van der Waals surface area contributed by atoms with E-state index < -0.39 is 0 Å². The Bertz CT molecular complexity index is 736. The van der Waals surface area contributed by atoms with Gasteiger partial charge in [-0.3, -0.25) is 4.79 Å². The quantitative estimate of drug-likeness (QED) is 0.641. The first kappa shape index (κ1) is 19.1. The zero-order chi connectivity index (χ0) is 19.1. The molecule has 3 rings (SSSR count). The molecule has 0 saturated heterocycles. The Balaban J connectivity index is 2.16. The molecule has 0 spiro atoms. The number of ketones is 1. The van der Waals surface area contributed by atoms with Gasteiger partial charge in [-0.1, -0.05) is 45.0 Å². The molecule has 0 aliphatic heterocycles. The lowest BCUT2D eigenvalue weighted by Gasteiger charge is -2.53. The predicted octanol–water partition coefficient (Wildman–Crippen LogP) is 4.42. The van der Waals surface area contributed by atoms with E-state index in [1.54, 1.807) is 0 Å². The molecule has 1 unspecified atom stereocenters. The predicted molar refractivity (Wildman–Crippen MR) is 106 cm³/mol. The molecule has 0 heterocycles. The minimum atomic E-state index is -0.269. The van der Waals surface area contributed by atoms with Crippen molar-refractivity contribution >= 4 is 11.5 Å². The third-order valence-corrected chi connectivity index (χ3v) is 6.59. The van der Waals surface area contributed by atoms with Gasteiger partial charge in [0.05, 0.1) is 5.71 Å². The van der Waals surface area contributed by atoms with E-state index in [9.17, 15) is 4.79 Å². The minimum absolute atomic E-state index is 0.0890. The average Bonchev–Trinajstić information content (AvgIpc) is 2.59. The largest absolute Gasteiger partial charge is 0.394 e. The van der Waals surface area contributed by atoms with Crippen molar-refractivity contribution in [2.24, 2.45) is 22.2 Å². The highest BCUT2D eigenvalue weighted by atomic mass is 16.6. The molecule has 1 fully saturated rings. The Labute approximate surface area is 157 Å². The molecule has 1 aromatic rings. The van der Waals surface area contributed by atoms with Crippen LogP contribution in [0.15, 0.2) is 23.4 Å². The van der Waals surface area contributed by atoms with Crippen molar-refractivity contribution in [3.05, 3.63) is 34.9 Å². The SMILES string of the molecule is CC(C)c1ccc2c(c1)C(=O)CC1C(C)(C)CCC(=NOCCN)[C@]21C. The second-order valence-corrected chi connectivity index (χ2v) is 8.99. The maximum Gasteiger partial charge on any atom is 0.163 e. The molecule has 2 atom stereocenters. The van der Waals surface area contributed by atoms with E-state index in [4.69, 9.17) is 10.6 Å². The summed E-state index contributed by atoms with van der Waals surface area (Å²) >= 11 is 0. The minimum Gasteiger partial charge on any atom is -0.394 e. The standard InChI is InChI=1S/C22H32N2O2/c1-14(2)15-6-7-17-16(12-15)18(25)13-19-21(3,4)9-8-20(22(17,19)5)24-26-11-10-23/h6-7,12,14,19H,8-11,13,23H2,1-5H3/t19?,22-/m1/s1. The molecule has 0 aromatic heterocycles. The van der Waals surface area contributed by atoms with Crippen molar-refractivity contribution in [2.75, 3.05) is 13.2 Å². The molecule has 0 radical (unpaired) electrons. The van der Waals surface area contributed by atoms with Crippen LogP contribution in [0.3, 0.4) is 0 Å².